The molecule has 1 aliphatic rings. The number of nitrogens with zero attached hydrogens (tertiary/aromatic N) is 2. The molecule has 7 aromatic carbocycles. The third-order valence-electron chi connectivity index (χ3n) is 10.5. The number of amidine groups is 2. The van der Waals surface area contributed by atoms with Crippen LogP contribution < -0.4 is 5.73 Å². The van der Waals surface area contributed by atoms with Gasteiger partial charge in [-0.05, 0) is 80.6 Å². The molecule has 0 saturated heterocycles. The van der Waals surface area contributed by atoms with Crippen molar-refractivity contribution in [3.63, 3.8) is 0 Å². The van der Waals surface area contributed by atoms with Gasteiger partial charge in [-0.2, -0.15) is 0 Å². The van der Waals surface area contributed by atoms with Gasteiger partial charge in [-0.15, -0.1) is 0 Å². The van der Waals surface area contributed by atoms with Crippen molar-refractivity contribution in [3.05, 3.63) is 198 Å². The van der Waals surface area contributed by atoms with Gasteiger partial charge in [-0.25, -0.2) is 4.99 Å². The summed E-state index contributed by atoms with van der Waals surface area (Å²) >= 11 is 0. The van der Waals surface area contributed by atoms with Crippen molar-refractivity contribution in [2.24, 2.45) is 15.7 Å². The summed E-state index contributed by atoms with van der Waals surface area (Å²) in [5.74, 6) is 1.50. The number of aliphatic imine (C=N–C) groups is 2. The lowest BCUT2D eigenvalue weighted by molar-refractivity contribution is 0.668. The molecule has 1 heterocycles. The SMILES string of the molecule is CC1CC=Cc2ccc(-c3ccc4oc5cccc(CN=C(N=C(N)c6ccc(-c7ccc(-c8ccccc8)cc7)cc6)c6ccccc6)c5c4c3)cc21. The minimum absolute atomic E-state index is 0.412. The first-order valence-corrected chi connectivity index (χ1v) is 18.5. The Kier molecular flexibility index (Phi) is 8.78. The smallest absolute Gasteiger partial charge is 0.157 e. The average molecular weight is 698 g/mol. The molecule has 0 radical (unpaired) electrons. The standard InChI is InChI=1S/C50H39N3O/c1-33-10-8-15-38-24-27-41(30-44(33)38)42-28-29-46-45(31-42)48-43(16-9-17-47(48)54-46)32-52-50(40-13-6-3-7-14-40)53-49(51)39-25-22-37(23-26-39)36-20-18-35(19-21-36)34-11-4-2-5-12-34/h2-9,11-31,33H,10,32H2,1H3,(H2,51,52,53). The minimum atomic E-state index is 0.412. The summed E-state index contributed by atoms with van der Waals surface area (Å²) in [5, 5.41) is 2.15. The molecule has 2 N–H and O–H groups in total. The zero-order valence-electron chi connectivity index (χ0n) is 30.1. The molecule has 260 valence electrons. The molecule has 4 nitrogen and oxygen atoms in total. The van der Waals surface area contributed by atoms with Gasteiger partial charge in [-0.1, -0.05) is 165 Å². The van der Waals surface area contributed by atoms with Gasteiger partial charge in [0.05, 0.1) is 6.54 Å². The number of allylic oxidation sites excluding steroid dienone is 1. The summed E-state index contributed by atoms with van der Waals surface area (Å²) in [6.45, 7) is 2.72. The summed E-state index contributed by atoms with van der Waals surface area (Å²) < 4.78 is 6.37. The number of benzene rings is 7. The lowest BCUT2D eigenvalue weighted by atomic mass is 9.86. The third-order valence-corrected chi connectivity index (χ3v) is 10.5. The zero-order chi connectivity index (χ0) is 36.4. The number of hydrogen-bond donors (Lipinski definition) is 1. The van der Waals surface area contributed by atoms with Crippen molar-refractivity contribution in [2.75, 3.05) is 0 Å². The van der Waals surface area contributed by atoms with E-state index in [1.54, 1.807) is 0 Å². The number of furan rings is 1. The maximum atomic E-state index is 6.70. The van der Waals surface area contributed by atoms with Gasteiger partial charge < -0.3 is 10.2 Å². The third kappa shape index (κ3) is 6.55. The molecule has 0 amide bonds. The highest BCUT2D eigenvalue weighted by atomic mass is 16.3. The second-order valence-corrected chi connectivity index (χ2v) is 14.0. The van der Waals surface area contributed by atoms with Crippen molar-refractivity contribution in [2.45, 2.75) is 25.8 Å². The summed E-state index contributed by atoms with van der Waals surface area (Å²) in [5.41, 5.74) is 21.0. The molecule has 0 fully saturated rings. The Bertz CT molecular complexity index is 2700. The summed E-state index contributed by atoms with van der Waals surface area (Å²) in [7, 11) is 0. The Morgan fingerprint density at radius 1 is 0.611 bits per heavy atom. The second kappa shape index (κ2) is 14.3. The maximum Gasteiger partial charge on any atom is 0.157 e. The highest BCUT2D eigenvalue weighted by molar-refractivity contribution is 6.11. The highest BCUT2D eigenvalue weighted by Crippen LogP contribution is 2.37. The van der Waals surface area contributed by atoms with Gasteiger partial charge in [0.2, 0.25) is 0 Å². The molecule has 54 heavy (non-hydrogen) atoms. The topological polar surface area (TPSA) is 63.9 Å². The van der Waals surface area contributed by atoms with E-state index in [0.29, 0.717) is 24.1 Å². The van der Waals surface area contributed by atoms with E-state index in [1.165, 1.54) is 33.4 Å². The summed E-state index contributed by atoms with van der Waals surface area (Å²) in [4.78, 5) is 10.0. The fourth-order valence-electron chi connectivity index (χ4n) is 7.51. The molecule has 1 atom stereocenters. The van der Waals surface area contributed by atoms with Crippen LogP contribution in [0.2, 0.25) is 0 Å². The van der Waals surface area contributed by atoms with Crippen molar-refractivity contribution in [1.29, 1.82) is 0 Å². The van der Waals surface area contributed by atoms with Crippen LogP contribution in [0.3, 0.4) is 0 Å². The molecule has 0 spiro atoms. The van der Waals surface area contributed by atoms with E-state index in [0.717, 1.165) is 56.2 Å². The molecule has 1 unspecified atom stereocenters. The second-order valence-electron chi connectivity index (χ2n) is 14.0. The van der Waals surface area contributed by atoms with Gasteiger partial charge in [0.1, 0.15) is 17.0 Å². The first-order chi connectivity index (χ1) is 26.6. The van der Waals surface area contributed by atoms with E-state index in [9.17, 15) is 0 Å². The molecule has 9 rings (SSSR count). The molecule has 0 aliphatic heterocycles. The number of fused-ring (bicyclic) bond motifs is 4. The molecule has 1 aromatic heterocycles. The molecule has 0 saturated carbocycles. The van der Waals surface area contributed by atoms with Crippen LogP contribution >= 0.6 is 0 Å². The van der Waals surface area contributed by atoms with Gasteiger partial charge in [0.25, 0.3) is 0 Å². The predicted octanol–water partition coefficient (Wildman–Crippen LogP) is 12.5. The summed E-state index contributed by atoms with van der Waals surface area (Å²) in [6.07, 6.45) is 5.58. The molecule has 4 heteroatoms. The molecular formula is C50H39N3O. The Labute approximate surface area is 315 Å². The number of nitrogens with two attached hydrogens (primary N) is 1. The van der Waals surface area contributed by atoms with Crippen LogP contribution in [0.15, 0.2) is 184 Å². The van der Waals surface area contributed by atoms with Crippen LogP contribution in [-0.4, -0.2) is 11.7 Å². The van der Waals surface area contributed by atoms with Gasteiger partial charge in [0, 0.05) is 21.9 Å². The van der Waals surface area contributed by atoms with Crippen LogP contribution in [0.25, 0.3) is 61.4 Å². The van der Waals surface area contributed by atoms with Crippen LogP contribution in [0.4, 0.5) is 0 Å². The van der Waals surface area contributed by atoms with E-state index in [2.05, 4.69) is 122 Å². The van der Waals surface area contributed by atoms with Crippen molar-refractivity contribution in [3.8, 4) is 33.4 Å². The fraction of sp³-hybridized carbons (Fsp3) is 0.0800. The number of rotatable bonds is 7. The van der Waals surface area contributed by atoms with E-state index < -0.39 is 0 Å². The largest absolute Gasteiger partial charge is 0.456 e. The van der Waals surface area contributed by atoms with E-state index in [-0.39, 0.29) is 0 Å². The first-order valence-electron chi connectivity index (χ1n) is 18.5. The Hall–Kier alpha value is -6.78. The van der Waals surface area contributed by atoms with Gasteiger partial charge in [0.15, 0.2) is 5.84 Å². The quantitative estimate of drug-likeness (QED) is 0.133. The Balaban J connectivity index is 1.02. The molecule has 1 aliphatic carbocycles. The number of hydrogen-bond acceptors (Lipinski definition) is 2. The fourth-order valence-corrected chi connectivity index (χ4v) is 7.51. The summed E-state index contributed by atoms with van der Waals surface area (Å²) in [6, 6.07) is 56.8. The van der Waals surface area contributed by atoms with Gasteiger partial charge >= 0.3 is 0 Å². The zero-order valence-corrected chi connectivity index (χ0v) is 30.1. The minimum Gasteiger partial charge on any atom is -0.456 e. The lowest BCUT2D eigenvalue weighted by Crippen LogP contribution is -2.16. The van der Waals surface area contributed by atoms with Crippen molar-refractivity contribution < 1.29 is 4.42 Å². The van der Waals surface area contributed by atoms with Crippen LogP contribution in [0.1, 0.15) is 47.1 Å². The normalized spacial score (nSPS) is 14.4. The monoisotopic (exact) mass is 697 g/mol. The Morgan fingerprint density at radius 3 is 1.98 bits per heavy atom. The Morgan fingerprint density at radius 2 is 1.24 bits per heavy atom. The van der Waals surface area contributed by atoms with E-state index in [4.69, 9.17) is 20.1 Å². The van der Waals surface area contributed by atoms with Crippen molar-refractivity contribution in [1.82, 2.24) is 0 Å². The average Bonchev–Trinajstić information content (AvgIpc) is 3.62. The first kappa shape index (κ1) is 33.1. The molecular weight excluding hydrogens is 659 g/mol. The van der Waals surface area contributed by atoms with Crippen LogP contribution in [0, 0.1) is 0 Å². The van der Waals surface area contributed by atoms with E-state index >= 15 is 0 Å². The lowest BCUT2D eigenvalue weighted by Gasteiger charge is -2.19. The molecule has 8 aromatic rings. The van der Waals surface area contributed by atoms with Gasteiger partial charge in [-0.3, -0.25) is 4.99 Å². The predicted molar refractivity (Wildman–Crippen MR) is 226 cm³/mol. The van der Waals surface area contributed by atoms with Crippen molar-refractivity contribution >= 4 is 39.7 Å². The van der Waals surface area contributed by atoms with Crippen LogP contribution in [-0.2, 0) is 6.54 Å². The molecule has 0 bridgehead atoms. The maximum absolute atomic E-state index is 6.70. The van der Waals surface area contributed by atoms with E-state index in [1.807, 2.05) is 60.7 Å². The highest BCUT2D eigenvalue weighted by Gasteiger charge is 2.16. The van der Waals surface area contributed by atoms with Crippen LogP contribution in [0.5, 0.6) is 0 Å².